The molecule has 3 nitrogen and oxygen atoms in total. The monoisotopic (exact) mass is 324 g/mol. The Balaban J connectivity index is 1.95. The van der Waals surface area contributed by atoms with Crippen LogP contribution in [0.4, 0.5) is 5.69 Å². The second-order valence-corrected chi connectivity index (χ2v) is 5.97. The van der Waals surface area contributed by atoms with Crippen molar-refractivity contribution in [2.24, 2.45) is 7.05 Å². The van der Waals surface area contributed by atoms with Gasteiger partial charge in [-0.05, 0) is 36.2 Å². The summed E-state index contributed by atoms with van der Waals surface area (Å²) < 4.78 is 1.88. The van der Waals surface area contributed by atoms with Crippen LogP contribution in [0.3, 0.4) is 0 Å². The lowest BCUT2D eigenvalue weighted by Gasteiger charge is -2.11. The normalized spacial score (nSPS) is 10.6. The summed E-state index contributed by atoms with van der Waals surface area (Å²) in [7, 11) is 1.91. The SMILES string of the molecule is Cc1cn(C)cc1C(=O)Nc1ccccc1-c1cccc(Cl)c1. The summed E-state index contributed by atoms with van der Waals surface area (Å²) >= 11 is 6.08. The number of hydrogen-bond donors (Lipinski definition) is 1. The van der Waals surface area contributed by atoms with Gasteiger partial charge in [0.15, 0.2) is 0 Å². The van der Waals surface area contributed by atoms with E-state index in [4.69, 9.17) is 11.6 Å². The number of para-hydroxylation sites is 1. The van der Waals surface area contributed by atoms with Crippen LogP contribution in [0, 0.1) is 6.92 Å². The zero-order valence-corrected chi connectivity index (χ0v) is 13.8. The summed E-state index contributed by atoms with van der Waals surface area (Å²) in [6.45, 7) is 1.93. The quantitative estimate of drug-likeness (QED) is 0.730. The van der Waals surface area contributed by atoms with Gasteiger partial charge < -0.3 is 9.88 Å². The molecule has 0 aliphatic rings. The van der Waals surface area contributed by atoms with Crippen LogP contribution < -0.4 is 5.32 Å². The van der Waals surface area contributed by atoms with Gasteiger partial charge in [0.1, 0.15) is 0 Å². The van der Waals surface area contributed by atoms with Gasteiger partial charge in [0.2, 0.25) is 0 Å². The summed E-state index contributed by atoms with van der Waals surface area (Å²) in [6, 6.07) is 15.3. The third kappa shape index (κ3) is 3.30. The molecule has 1 amide bonds. The van der Waals surface area contributed by atoms with Crippen molar-refractivity contribution in [3.63, 3.8) is 0 Å². The van der Waals surface area contributed by atoms with Crippen LogP contribution in [0.1, 0.15) is 15.9 Å². The lowest BCUT2D eigenvalue weighted by Crippen LogP contribution is -2.13. The van der Waals surface area contributed by atoms with Crippen LogP contribution in [-0.2, 0) is 7.05 Å². The van der Waals surface area contributed by atoms with Gasteiger partial charge in [0, 0.05) is 35.7 Å². The Kier molecular flexibility index (Phi) is 4.22. The molecule has 3 aromatic rings. The number of anilines is 1. The number of rotatable bonds is 3. The van der Waals surface area contributed by atoms with E-state index in [0.717, 1.165) is 22.4 Å². The molecular weight excluding hydrogens is 308 g/mol. The third-order valence-electron chi connectivity index (χ3n) is 3.71. The number of halogens is 1. The second kappa shape index (κ2) is 6.31. The first-order chi connectivity index (χ1) is 11.0. The standard InChI is InChI=1S/C19H17ClN2O/c1-13-11-22(2)12-17(13)19(23)21-18-9-4-3-8-16(18)14-6-5-7-15(20)10-14/h3-12H,1-2H3,(H,21,23). The summed E-state index contributed by atoms with van der Waals surface area (Å²) in [4.78, 5) is 12.5. The molecule has 0 aliphatic heterocycles. The third-order valence-corrected chi connectivity index (χ3v) is 3.95. The summed E-state index contributed by atoms with van der Waals surface area (Å²) in [5, 5.41) is 3.67. The molecule has 3 rings (SSSR count). The maximum Gasteiger partial charge on any atom is 0.257 e. The van der Waals surface area contributed by atoms with Gasteiger partial charge in [0.25, 0.3) is 5.91 Å². The first-order valence-corrected chi connectivity index (χ1v) is 7.71. The minimum atomic E-state index is -0.113. The topological polar surface area (TPSA) is 34.0 Å². The number of benzene rings is 2. The fourth-order valence-corrected chi connectivity index (χ4v) is 2.84. The molecule has 0 radical (unpaired) electrons. The summed E-state index contributed by atoms with van der Waals surface area (Å²) in [5.41, 5.74) is 4.30. The predicted molar refractivity (Wildman–Crippen MR) is 95.0 cm³/mol. The number of carbonyl (C=O) groups is 1. The van der Waals surface area contributed by atoms with E-state index in [1.807, 2.05) is 79.5 Å². The fraction of sp³-hybridized carbons (Fsp3) is 0.105. The molecule has 0 aliphatic carbocycles. The minimum absolute atomic E-state index is 0.113. The molecule has 4 heteroatoms. The van der Waals surface area contributed by atoms with E-state index in [-0.39, 0.29) is 5.91 Å². The molecule has 1 N–H and O–H groups in total. The van der Waals surface area contributed by atoms with Crippen LogP contribution in [-0.4, -0.2) is 10.5 Å². The molecule has 2 aromatic carbocycles. The second-order valence-electron chi connectivity index (χ2n) is 5.53. The summed E-state index contributed by atoms with van der Waals surface area (Å²) in [6.07, 6.45) is 3.75. The number of nitrogens with zero attached hydrogens (tertiary/aromatic N) is 1. The fourth-order valence-electron chi connectivity index (χ4n) is 2.64. The number of hydrogen-bond acceptors (Lipinski definition) is 1. The number of nitrogens with one attached hydrogen (secondary N) is 1. The minimum Gasteiger partial charge on any atom is -0.356 e. The largest absolute Gasteiger partial charge is 0.356 e. The van der Waals surface area contributed by atoms with Crippen molar-refractivity contribution in [3.05, 3.63) is 77.1 Å². The molecule has 0 fully saturated rings. The highest BCUT2D eigenvalue weighted by Crippen LogP contribution is 2.30. The van der Waals surface area contributed by atoms with E-state index in [0.29, 0.717) is 10.6 Å². The van der Waals surface area contributed by atoms with Crippen LogP contribution in [0.25, 0.3) is 11.1 Å². The van der Waals surface area contributed by atoms with E-state index < -0.39 is 0 Å². The van der Waals surface area contributed by atoms with E-state index in [1.165, 1.54) is 0 Å². The Morgan fingerprint density at radius 2 is 1.87 bits per heavy atom. The van der Waals surface area contributed by atoms with Gasteiger partial charge in [-0.3, -0.25) is 4.79 Å². The smallest absolute Gasteiger partial charge is 0.257 e. The van der Waals surface area contributed by atoms with Gasteiger partial charge in [-0.2, -0.15) is 0 Å². The molecule has 0 bridgehead atoms. The van der Waals surface area contributed by atoms with E-state index >= 15 is 0 Å². The molecule has 0 saturated heterocycles. The van der Waals surface area contributed by atoms with Gasteiger partial charge in [-0.1, -0.05) is 41.9 Å². The number of aryl methyl sites for hydroxylation is 2. The molecular formula is C19H17ClN2O. The lowest BCUT2D eigenvalue weighted by molar-refractivity contribution is 0.102. The molecule has 23 heavy (non-hydrogen) atoms. The first kappa shape index (κ1) is 15.4. The molecule has 116 valence electrons. The Bertz CT molecular complexity index is 867. The Morgan fingerprint density at radius 1 is 1.09 bits per heavy atom. The zero-order chi connectivity index (χ0) is 16.4. The molecule has 1 aromatic heterocycles. The van der Waals surface area contributed by atoms with Crippen LogP contribution >= 0.6 is 11.6 Å². The molecule has 0 saturated carbocycles. The molecule has 0 atom stereocenters. The van der Waals surface area contributed by atoms with E-state index in [9.17, 15) is 4.79 Å². The van der Waals surface area contributed by atoms with Crippen molar-refractivity contribution in [3.8, 4) is 11.1 Å². The van der Waals surface area contributed by atoms with Crippen molar-refractivity contribution in [1.29, 1.82) is 0 Å². The van der Waals surface area contributed by atoms with Crippen molar-refractivity contribution < 1.29 is 4.79 Å². The molecule has 0 unspecified atom stereocenters. The molecule has 0 spiro atoms. The van der Waals surface area contributed by atoms with E-state index in [1.54, 1.807) is 0 Å². The maximum absolute atomic E-state index is 12.5. The van der Waals surface area contributed by atoms with Gasteiger partial charge in [-0.25, -0.2) is 0 Å². The predicted octanol–water partition coefficient (Wildman–Crippen LogP) is 4.91. The van der Waals surface area contributed by atoms with Gasteiger partial charge in [0.05, 0.1) is 5.56 Å². The first-order valence-electron chi connectivity index (χ1n) is 7.33. The number of carbonyl (C=O) groups excluding carboxylic acids is 1. The van der Waals surface area contributed by atoms with Crippen LogP contribution in [0.5, 0.6) is 0 Å². The highest BCUT2D eigenvalue weighted by molar-refractivity contribution is 6.30. The van der Waals surface area contributed by atoms with Crippen LogP contribution in [0.2, 0.25) is 5.02 Å². The Hall–Kier alpha value is -2.52. The Morgan fingerprint density at radius 3 is 2.57 bits per heavy atom. The van der Waals surface area contributed by atoms with Crippen molar-refractivity contribution >= 4 is 23.2 Å². The highest BCUT2D eigenvalue weighted by Gasteiger charge is 2.13. The van der Waals surface area contributed by atoms with Crippen molar-refractivity contribution in [1.82, 2.24) is 4.57 Å². The van der Waals surface area contributed by atoms with Gasteiger partial charge in [-0.15, -0.1) is 0 Å². The highest BCUT2D eigenvalue weighted by atomic mass is 35.5. The van der Waals surface area contributed by atoms with E-state index in [2.05, 4.69) is 5.32 Å². The van der Waals surface area contributed by atoms with Crippen molar-refractivity contribution in [2.75, 3.05) is 5.32 Å². The maximum atomic E-state index is 12.5. The number of aromatic nitrogens is 1. The molecule has 1 heterocycles. The average Bonchev–Trinajstić information content (AvgIpc) is 2.86. The van der Waals surface area contributed by atoms with Crippen molar-refractivity contribution in [2.45, 2.75) is 6.92 Å². The Labute approximate surface area is 140 Å². The van der Waals surface area contributed by atoms with Crippen LogP contribution in [0.15, 0.2) is 60.9 Å². The summed E-state index contributed by atoms with van der Waals surface area (Å²) in [5.74, 6) is -0.113. The number of amides is 1. The lowest BCUT2D eigenvalue weighted by atomic mass is 10.0. The average molecular weight is 325 g/mol. The zero-order valence-electron chi connectivity index (χ0n) is 13.0. The van der Waals surface area contributed by atoms with Gasteiger partial charge >= 0.3 is 0 Å².